The van der Waals surface area contributed by atoms with E-state index in [1.807, 2.05) is 24.3 Å². The predicted octanol–water partition coefficient (Wildman–Crippen LogP) is 3.74. The molecule has 0 saturated heterocycles. The maximum absolute atomic E-state index is 12.3. The van der Waals surface area contributed by atoms with Gasteiger partial charge in [-0.1, -0.05) is 41.4 Å². The van der Waals surface area contributed by atoms with Crippen LogP contribution in [0.3, 0.4) is 0 Å². The summed E-state index contributed by atoms with van der Waals surface area (Å²) in [5.74, 6) is -0.902. The molecule has 1 aliphatic heterocycles. The van der Waals surface area contributed by atoms with Crippen molar-refractivity contribution in [3.8, 4) is 0 Å². The van der Waals surface area contributed by atoms with Gasteiger partial charge in [0.25, 0.3) is 5.91 Å². The first kappa shape index (κ1) is 15.8. The smallest absolute Gasteiger partial charge is 0.340 e. The van der Waals surface area contributed by atoms with E-state index in [1.165, 1.54) is 12.1 Å². The Morgan fingerprint density at radius 3 is 2.70 bits per heavy atom. The van der Waals surface area contributed by atoms with Crippen molar-refractivity contribution < 1.29 is 14.3 Å². The number of benzene rings is 2. The first-order valence-corrected chi connectivity index (χ1v) is 7.82. The number of para-hydroxylation sites is 1. The van der Waals surface area contributed by atoms with E-state index in [-0.39, 0.29) is 23.1 Å². The molecule has 1 amide bonds. The summed E-state index contributed by atoms with van der Waals surface area (Å²) in [7, 11) is 0. The molecular weight excluding hydrogens is 337 g/mol. The second kappa shape index (κ2) is 6.60. The SMILES string of the molecule is O=C(OCC(=O)N1CCc2ccccc21)c1ccc(Cl)cc1Cl. The molecule has 0 atom stereocenters. The number of ether oxygens (including phenoxy) is 1. The van der Waals surface area contributed by atoms with Gasteiger partial charge in [-0.25, -0.2) is 4.79 Å². The van der Waals surface area contributed by atoms with Gasteiger partial charge in [0.15, 0.2) is 6.61 Å². The second-order valence-electron chi connectivity index (χ2n) is 5.12. The third-order valence-corrected chi connectivity index (χ3v) is 4.21. The van der Waals surface area contributed by atoms with Gasteiger partial charge in [0.05, 0.1) is 10.6 Å². The summed E-state index contributed by atoms with van der Waals surface area (Å²) >= 11 is 11.7. The third kappa shape index (κ3) is 3.33. The maximum Gasteiger partial charge on any atom is 0.340 e. The number of fused-ring (bicyclic) bond motifs is 1. The summed E-state index contributed by atoms with van der Waals surface area (Å²) in [6, 6.07) is 12.2. The standard InChI is InChI=1S/C17H13Cl2NO3/c18-12-5-6-13(14(19)9-12)17(22)23-10-16(21)20-8-7-11-3-1-2-4-15(11)20/h1-6,9H,7-8,10H2. The Labute approximate surface area is 143 Å². The molecule has 0 saturated carbocycles. The van der Waals surface area contributed by atoms with E-state index in [0.717, 1.165) is 17.7 Å². The number of rotatable bonds is 3. The largest absolute Gasteiger partial charge is 0.452 e. The monoisotopic (exact) mass is 349 g/mol. The van der Waals surface area contributed by atoms with Crippen LogP contribution in [0.2, 0.25) is 10.0 Å². The Hall–Kier alpha value is -2.04. The molecular formula is C17H13Cl2NO3. The van der Waals surface area contributed by atoms with Crippen LogP contribution < -0.4 is 4.90 Å². The Morgan fingerprint density at radius 1 is 1.13 bits per heavy atom. The lowest BCUT2D eigenvalue weighted by Crippen LogP contribution is -2.33. The van der Waals surface area contributed by atoms with Crippen LogP contribution in [0.1, 0.15) is 15.9 Å². The number of halogens is 2. The summed E-state index contributed by atoms with van der Waals surface area (Å²) in [5, 5.41) is 0.623. The molecule has 0 aliphatic carbocycles. The molecule has 23 heavy (non-hydrogen) atoms. The van der Waals surface area contributed by atoms with E-state index in [1.54, 1.807) is 11.0 Å². The van der Waals surface area contributed by atoms with Gasteiger partial charge < -0.3 is 9.64 Å². The van der Waals surface area contributed by atoms with E-state index in [9.17, 15) is 9.59 Å². The zero-order valence-corrected chi connectivity index (χ0v) is 13.6. The lowest BCUT2D eigenvalue weighted by atomic mass is 10.2. The number of esters is 1. The van der Waals surface area contributed by atoms with Crippen molar-refractivity contribution in [1.29, 1.82) is 0 Å². The fraction of sp³-hybridized carbons (Fsp3) is 0.176. The third-order valence-electron chi connectivity index (χ3n) is 3.67. The fourth-order valence-corrected chi connectivity index (χ4v) is 3.02. The zero-order chi connectivity index (χ0) is 16.4. The summed E-state index contributed by atoms with van der Waals surface area (Å²) in [5.41, 5.74) is 2.18. The van der Waals surface area contributed by atoms with Crippen LogP contribution in [0, 0.1) is 0 Å². The van der Waals surface area contributed by atoms with Crippen LogP contribution in [0.5, 0.6) is 0 Å². The van der Waals surface area contributed by atoms with E-state index in [4.69, 9.17) is 27.9 Å². The lowest BCUT2D eigenvalue weighted by Gasteiger charge is -2.17. The molecule has 3 rings (SSSR count). The zero-order valence-electron chi connectivity index (χ0n) is 12.1. The molecule has 0 radical (unpaired) electrons. The molecule has 1 heterocycles. The highest BCUT2D eigenvalue weighted by Gasteiger charge is 2.25. The van der Waals surface area contributed by atoms with Gasteiger partial charge in [0.1, 0.15) is 0 Å². The molecule has 6 heteroatoms. The highest BCUT2D eigenvalue weighted by molar-refractivity contribution is 6.36. The van der Waals surface area contributed by atoms with E-state index >= 15 is 0 Å². The summed E-state index contributed by atoms with van der Waals surface area (Å²) < 4.78 is 5.08. The van der Waals surface area contributed by atoms with Gasteiger partial charge in [-0.2, -0.15) is 0 Å². The topological polar surface area (TPSA) is 46.6 Å². The minimum atomic E-state index is -0.646. The number of carbonyl (C=O) groups excluding carboxylic acids is 2. The highest BCUT2D eigenvalue weighted by Crippen LogP contribution is 2.27. The Bertz CT molecular complexity index is 776. The summed E-state index contributed by atoms with van der Waals surface area (Å²) in [4.78, 5) is 25.9. The van der Waals surface area contributed by atoms with Crippen molar-refractivity contribution in [3.05, 3.63) is 63.6 Å². The molecule has 1 aliphatic rings. The van der Waals surface area contributed by atoms with Crippen LogP contribution in [0.25, 0.3) is 0 Å². The van der Waals surface area contributed by atoms with Gasteiger partial charge >= 0.3 is 5.97 Å². The van der Waals surface area contributed by atoms with E-state index in [0.29, 0.717) is 11.6 Å². The summed E-state index contributed by atoms with van der Waals surface area (Å²) in [6.45, 7) is 0.267. The van der Waals surface area contributed by atoms with Gasteiger partial charge in [0, 0.05) is 17.3 Å². The first-order chi connectivity index (χ1) is 11.1. The molecule has 118 valence electrons. The minimum Gasteiger partial charge on any atom is -0.452 e. The molecule has 0 spiro atoms. The van der Waals surface area contributed by atoms with Crippen molar-refractivity contribution in [3.63, 3.8) is 0 Å². The van der Waals surface area contributed by atoms with Gasteiger partial charge in [-0.3, -0.25) is 4.79 Å². The molecule has 4 nitrogen and oxygen atoms in total. The Morgan fingerprint density at radius 2 is 1.91 bits per heavy atom. The molecule has 2 aromatic carbocycles. The van der Waals surface area contributed by atoms with Crippen molar-refractivity contribution in [1.82, 2.24) is 0 Å². The number of amides is 1. The van der Waals surface area contributed by atoms with Crippen molar-refractivity contribution >= 4 is 40.8 Å². The molecule has 0 fully saturated rings. The number of carbonyl (C=O) groups is 2. The number of hydrogen-bond donors (Lipinski definition) is 0. The van der Waals surface area contributed by atoms with Gasteiger partial charge in [0.2, 0.25) is 0 Å². The predicted molar refractivity (Wildman–Crippen MR) is 89.2 cm³/mol. The van der Waals surface area contributed by atoms with Gasteiger partial charge in [-0.05, 0) is 36.2 Å². The summed E-state index contributed by atoms with van der Waals surface area (Å²) in [6.07, 6.45) is 0.804. The molecule has 2 aromatic rings. The fourth-order valence-electron chi connectivity index (χ4n) is 2.54. The van der Waals surface area contributed by atoms with Crippen LogP contribution in [-0.2, 0) is 16.0 Å². The Balaban J connectivity index is 1.65. The highest BCUT2D eigenvalue weighted by atomic mass is 35.5. The molecule has 0 N–H and O–H groups in total. The Kier molecular flexibility index (Phi) is 4.55. The van der Waals surface area contributed by atoms with Gasteiger partial charge in [-0.15, -0.1) is 0 Å². The average Bonchev–Trinajstić information content (AvgIpc) is 2.96. The molecule has 0 bridgehead atoms. The molecule has 0 aromatic heterocycles. The van der Waals surface area contributed by atoms with Crippen LogP contribution >= 0.6 is 23.2 Å². The normalized spacial score (nSPS) is 12.9. The number of anilines is 1. The van der Waals surface area contributed by atoms with Crippen LogP contribution in [0.15, 0.2) is 42.5 Å². The van der Waals surface area contributed by atoms with E-state index < -0.39 is 5.97 Å². The average molecular weight is 350 g/mol. The second-order valence-corrected chi connectivity index (χ2v) is 5.97. The molecule has 0 unspecified atom stereocenters. The van der Waals surface area contributed by atoms with E-state index in [2.05, 4.69) is 0 Å². The van der Waals surface area contributed by atoms with Crippen molar-refractivity contribution in [2.45, 2.75) is 6.42 Å². The van der Waals surface area contributed by atoms with Crippen molar-refractivity contribution in [2.24, 2.45) is 0 Å². The number of hydrogen-bond acceptors (Lipinski definition) is 3. The van der Waals surface area contributed by atoms with Crippen LogP contribution in [-0.4, -0.2) is 25.0 Å². The number of nitrogens with zero attached hydrogens (tertiary/aromatic N) is 1. The van der Waals surface area contributed by atoms with Crippen molar-refractivity contribution in [2.75, 3.05) is 18.1 Å². The maximum atomic E-state index is 12.3. The van der Waals surface area contributed by atoms with Crippen LogP contribution in [0.4, 0.5) is 5.69 Å². The minimum absolute atomic E-state index is 0.186. The lowest BCUT2D eigenvalue weighted by molar-refractivity contribution is -0.121. The first-order valence-electron chi connectivity index (χ1n) is 7.06. The quantitative estimate of drug-likeness (QED) is 0.793.